The number of rotatable bonds is 12. The van der Waals surface area contributed by atoms with Crippen LogP contribution in [0.1, 0.15) is 126 Å². The zero-order valence-electron chi connectivity index (χ0n) is 28.8. The van der Waals surface area contributed by atoms with E-state index < -0.39 is 11.7 Å². The van der Waals surface area contributed by atoms with Crippen molar-refractivity contribution in [1.82, 2.24) is 5.32 Å². The molecule has 0 heterocycles. The molecule has 43 heavy (non-hydrogen) atoms. The van der Waals surface area contributed by atoms with Gasteiger partial charge in [0.15, 0.2) is 0 Å². The molecule has 0 radical (unpaired) electrons. The maximum Gasteiger partial charge on any atom is 0.417 e. The number of hydrogen-bond acceptors (Lipinski definition) is 2. The number of alkyl halides is 3. The minimum Gasteiger partial charge on any atom is -0.355 e. The largest absolute Gasteiger partial charge is 0.417 e. The van der Waals surface area contributed by atoms with E-state index in [0.29, 0.717) is 13.0 Å². The fraction of sp³-hybridized carbons (Fsp3) is 0.676. The highest BCUT2D eigenvalue weighted by molar-refractivity contribution is 5.81. The Morgan fingerprint density at radius 2 is 1.30 bits per heavy atom. The number of hydrogen-bond donors (Lipinski definition) is 1. The van der Waals surface area contributed by atoms with Crippen LogP contribution in [0.25, 0.3) is 0 Å². The first-order chi connectivity index (χ1) is 20.4. The van der Waals surface area contributed by atoms with Crippen molar-refractivity contribution < 1.29 is 18.0 Å². The highest BCUT2D eigenvalue weighted by atomic mass is 19.4. The minimum absolute atomic E-state index is 0.0219. The molecule has 1 aromatic carbocycles. The van der Waals surface area contributed by atoms with Crippen LogP contribution in [0.15, 0.2) is 65.2 Å². The molecule has 0 atom stereocenters. The van der Waals surface area contributed by atoms with Gasteiger partial charge in [0.2, 0.25) is 6.41 Å². The van der Waals surface area contributed by atoms with Crippen LogP contribution in [0.3, 0.4) is 0 Å². The van der Waals surface area contributed by atoms with E-state index in [1.54, 1.807) is 0 Å². The monoisotopic (exact) mass is 611 g/mol. The number of amides is 1. The molecule has 1 aliphatic carbocycles. The molecule has 6 heteroatoms. The molecule has 1 amide bonds. The molecule has 2 rings (SSSR count). The lowest BCUT2D eigenvalue weighted by atomic mass is 9.84. The summed E-state index contributed by atoms with van der Waals surface area (Å²) in [5.74, 6) is 3.00. The molecule has 0 bridgehead atoms. The molecule has 250 valence electrons. The summed E-state index contributed by atoms with van der Waals surface area (Å²) in [7, 11) is 0. The van der Waals surface area contributed by atoms with Crippen molar-refractivity contribution in [2.75, 3.05) is 13.1 Å². The Morgan fingerprint density at radius 3 is 1.63 bits per heavy atom. The van der Waals surface area contributed by atoms with Gasteiger partial charge in [0.1, 0.15) is 0 Å². The molecular weight excluding hydrogens is 545 g/mol. The number of benzene rings is 1. The lowest BCUT2D eigenvalue weighted by Crippen LogP contribution is -2.17. The Morgan fingerprint density at radius 1 is 0.884 bits per heavy atom. The molecule has 1 N–H and O–H groups in total. The summed E-state index contributed by atoms with van der Waals surface area (Å²) >= 11 is 0. The molecule has 0 spiro atoms. The van der Waals surface area contributed by atoms with E-state index >= 15 is 0 Å². The van der Waals surface area contributed by atoms with Gasteiger partial charge in [-0.15, -0.1) is 0 Å². The van der Waals surface area contributed by atoms with Crippen molar-refractivity contribution in [2.45, 2.75) is 132 Å². The van der Waals surface area contributed by atoms with E-state index in [9.17, 15) is 18.0 Å². The molecule has 0 aliphatic heterocycles. The fourth-order valence-corrected chi connectivity index (χ4v) is 3.99. The number of halogens is 3. The van der Waals surface area contributed by atoms with E-state index in [0.717, 1.165) is 42.9 Å². The average molecular weight is 611 g/mol. The van der Waals surface area contributed by atoms with Gasteiger partial charge in [-0.05, 0) is 35.8 Å². The van der Waals surface area contributed by atoms with Crippen molar-refractivity contribution in [3.05, 3.63) is 60.2 Å². The maximum atomic E-state index is 12.6. The Balaban J connectivity index is -0.000000528. The van der Waals surface area contributed by atoms with Crippen molar-refractivity contribution >= 4 is 12.6 Å². The maximum absolute atomic E-state index is 12.6. The van der Waals surface area contributed by atoms with E-state index in [1.807, 2.05) is 43.3 Å². The van der Waals surface area contributed by atoms with Crippen molar-refractivity contribution in [3.63, 3.8) is 0 Å². The third kappa shape index (κ3) is 35.7. The third-order valence-corrected chi connectivity index (χ3v) is 6.50. The van der Waals surface area contributed by atoms with E-state index in [1.165, 1.54) is 57.8 Å². The van der Waals surface area contributed by atoms with Crippen LogP contribution in [0, 0.1) is 17.8 Å². The van der Waals surface area contributed by atoms with E-state index in [2.05, 4.69) is 65.4 Å². The summed E-state index contributed by atoms with van der Waals surface area (Å²) in [6, 6.07) is 12.0. The Labute approximate surface area is 263 Å². The lowest BCUT2D eigenvalue weighted by Gasteiger charge is -2.22. The van der Waals surface area contributed by atoms with Gasteiger partial charge in [0, 0.05) is 19.3 Å². The zero-order chi connectivity index (χ0) is 33.4. The van der Waals surface area contributed by atoms with Gasteiger partial charge in [0.05, 0.1) is 5.57 Å². The summed E-state index contributed by atoms with van der Waals surface area (Å²) in [6.45, 7) is 21.5. The van der Waals surface area contributed by atoms with Crippen molar-refractivity contribution in [1.29, 1.82) is 0 Å². The second-order valence-corrected chi connectivity index (χ2v) is 11.6. The summed E-state index contributed by atoms with van der Waals surface area (Å²) in [5.41, 5.74) is -0.701. The van der Waals surface area contributed by atoms with Crippen LogP contribution < -0.4 is 5.32 Å². The topological polar surface area (TPSA) is 41.5 Å². The highest BCUT2D eigenvalue weighted by Crippen LogP contribution is 2.27. The van der Waals surface area contributed by atoms with E-state index in [4.69, 9.17) is 0 Å². The minimum atomic E-state index is -4.47. The smallest absolute Gasteiger partial charge is 0.355 e. The van der Waals surface area contributed by atoms with Crippen LogP contribution in [0.4, 0.5) is 13.2 Å². The summed E-state index contributed by atoms with van der Waals surface area (Å²) in [5, 5.41) is 2.24. The number of nitrogens with zero attached hydrogens (tertiary/aromatic N) is 1. The molecule has 1 aliphatic rings. The number of carbonyl (C=O) groups excluding carboxylic acids is 1. The second kappa shape index (κ2) is 32.5. The predicted molar refractivity (Wildman–Crippen MR) is 184 cm³/mol. The summed E-state index contributed by atoms with van der Waals surface area (Å²) in [6.07, 6.45) is 11.9. The predicted octanol–water partition coefficient (Wildman–Crippen LogP) is 11.8. The highest BCUT2D eigenvalue weighted by Gasteiger charge is 2.32. The SMILES string of the molecule is C=C(/C=C(\C=NCCCC)C(F)(F)F)CNC=O.CC1CCC(C)CC1.CCC.CCCC(C)CCC.c1ccccc1. The number of aliphatic imine (C=N–C) groups is 1. The number of nitrogens with one attached hydrogen (secondary N) is 1. The summed E-state index contributed by atoms with van der Waals surface area (Å²) < 4.78 is 37.9. The quantitative estimate of drug-likeness (QED) is 0.109. The number of allylic oxidation sites excluding steroid dienone is 1. The van der Waals surface area contributed by atoms with Crippen LogP contribution in [0.2, 0.25) is 0 Å². The first-order valence-corrected chi connectivity index (χ1v) is 16.6. The fourth-order valence-electron chi connectivity index (χ4n) is 3.99. The van der Waals surface area contributed by atoms with Gasteiger partial charge in [0.25, 0.3) is 0 Å². The van der Waals surface area contributed by atoms with Gasteiger partial charge in [-0.3, -0.25) is 9.79 Å². The van der Waals surface area contributed by atoms with Gasteiger partial charge in [-0.25, -0.2) is 0 Å². The Hall–Kier alpha value is -2.37. The van der Waals surface area contributed by atoms with Crippen LogP contribution >= 0.6 is 0 Å². The van der Waals surface area contributed by atoms with Crippen molar-refractivity contribution in [3.8, 4) is 0 Å². The van der Waals surface area contributed by atoms with E-state index in [-0.39, 0.29) is 12.1 Å². The molecule has 3 nitrogen and oxygen atoms in total. The summed E-state index contributed by atoms with van der Waals surface area (Å²) in [4.78, 5) is 13.7. The molecule has 1 aromatic rings. The molecule has 0 unspecified atom stereocenters. The first kappa shape index (κ1) is 45.1. The van der Waals surface area contributed by atoms with Gasteiger partial charge in [-0.1, -0.05) is 163 Å². The normalized spacial score (nSPS) is 16.2. The standard InChI is InChI=1S/C12H17F3N2O.C8H16.C8H18.C6H6.C3H8/c1-3-4-5-16-8-11(12(13,14)15)6-10(2)7-17-9-18;1-7-3-5-8(2)6-4-7;1-4-6-8(3)7-5-2;1-2-4-6-5-3-1;1-3-2/h6,8-9H,2-5,7H2,1H3,(H,17,18);7-8H,3-6H2,1-2H3;8H,4-7H2,1-3H3;1-6H;3H2,1-2H3/b11-6+,16-8?;;;;. The Kier molecular flexibility index (Phi) is 34.1. The molecule has 1 fully saturated rings. The molecular formula is C37H65F3N2O. The lowest BCUT2D eigenvalue weighted by molar-refractivity contribution is -0.109. The molecule has 1 saturated carbocycles. The first-order valence-electron chi connectivity index (χ1n) is 16.6. The van der Waals surface area contributed by atoms with Crippen molar-refractivity contribution in [2.24, 2.45) is 22.7 Å². The average Bonchev–Trinajstić information content (AvgIpc) is 2.97. The van der Waals surface area contributed by atoms with Gasteiger partial charge < -0.3 is 5.32 Å². The molecule has 0 saturated heterocycles. The zero-order valence-corrected chi connectivity index (χ0v) is 28.8. The third-order valence-electron chi connectivity index (χ3n) is 6.50. The van der Waals surface area contributed by atoms with Crippen LogP contribution in [0.5, 0.6) is 0 Å². The van der Waals surface area contributed by atoms with Crippen LogP contribution in [-0.2, 0) is 4.79 Å². The van der Waals surface area contributed by atoms with Gasteiger partial charge in [-0.2, -0.15) is 13.2 Å². The number of carbonyl (C=O) groups is 1. The second-order valence-electron chi connectivity index (χ2n) is 11.6. The van der Waals surface area contributed by atoms with Crippen LogP contribution in [-0.4, -0.2) is 31.9 Å². The number of unbranched alkanes of at least 4 members (excludes halogenated alkanes) is 1. The Bertz CT molecular complexity index is 740. The van der Waals surface area contributed by atoms with Gasteiger partial charge >= 0.3 is 6.18 Å². The molecule has 0 aromatic heterocycles.